The van der Waals surface area contributed by atoms with Crippen molar-refractivity contribution in [3.63, 3.8) is 0 Å². The summed E-state index contributed by atoms with van der Waals surface area (Å²) >= 11 is 0. The van der Waals surface area contributed by atoms with Crippen molar-refractivity contribution in [3.8, 4) is 5.88 Å². The van der Waals surface area contributed by atoms with Crippen molar-refractivity contribution in [2.75, 3.05) is 25.1 Å². The van der Waals surface area contributed by atoms with Gasteiger partial charge in [-0.25, -0.2) is 9.37 Å². The molecule has 8 heteroatoms. The minimum atomic E-state index is -0.971. The van der Waals surface area contributed by atoms with Crippen molar-refractivity contribution in [2.24, 2.45) is 5.73 Å². The van der Waals surface area contributed by atoms with E-state index < -0.39 is 12.6 Å². The highest BCUT2D eigenvalue weighted by atomic mass is 19.1. The first-order valence-corrected chi connectivity index (χ1v) is 9.05. The first-order chi connectivity index (χ1) is 13.5. The van der Waals surface area contributed by atoms with E-state index in [-0.39, 0.29) is 6.61 Å². The summed E-state index contributed by atoms with van der Waals surface area (Å²) in [5.74, 6) is -0.0116. The Bertz CT molecular complexity index is 879. The number of allylic oxidation sites excluding steroid dienone is 1. The molecule has 0 aliphatic carbocycles. The van der Waals surface area contributed by atoms with Crippen LogP contribution in [0.5, 0.6) is 5.88 Å². The summed E-state index contributed by atoms with van der Waals surface area (Å²) in [6, 6.07) is 5.70. The van der Waals surface area contributed by atoms with Gasteiger partial charge in [-0.2, -0.15) is 0 Å². The van der Waals surface area contributed by atoms with E-state index in [1.807, 2.05) is 25.1 Å². The molecule has 3 N–H and O–H groups in total. The Labute approximate surface area is 163 Å². The molecule has 0 fully saturated rings. The smallest absolute Gasteiger partial charge is 0.254 e. The van der Waals surface area contributed by atoms with E-state index >= 15 is 0 Å². The number of nitrogens with two attached hydrogens (primary N) is 1. The summed E-state index contributed by atoms with van der Waals surface area (Å²) in [6.07, 6.45) is 4.06. The Balaban J connectivity index is 1.64. The first kappa shape index (κ1) is 19.6. The number of anilines is 1. The van der Waals surface area contributed by atoms with Crippen LogP contribution in [0.1, 0.15) is 23.7 Å². The number of ether oxygens (including phenoxy) is 1. The summed E-state index contributed by atoms with van der Waals surface area (Å²) in [5.41, 5.74) is 11.0. The number of nitrogens with one attached hydrogen (secondary N) is 1. The Hall–Kier alpha value is -3.16. The van der Waals surface area contributed by atoms with Crippen LogP contribution >= 0.6 is 0 Å². The molecule has 1 amide bonds. The molecule has 28 heavy (non-hydrogen) atoms. The van der Waals surface area contributed by atoms with E-state index in [1.165, 1.54) is 4.90 Å². The molecule has 0 unspecified atom stereocenters. The minimum absolute atomic E-state index is 0.231. The van der Waals surface area contributed by atoms with Crippen molar-refractivity contribution in [1.82, 2.24) is 14.9 Å². The van der Waals surface area contributed by atoms with Crippen LogP contribution in [0.15, 0.2) is 42.0 Å². The van der Waals surface area contributed by atoms with E-state index in [1.54, 1.807) is 19.3 Å². The zero-order chi connectivity index (χ0) is 20.1. The second-order valence-electron chi connectivity index (χ2n) is 6.75. The van der Waals surface area contributed by atoms with Gasteiger partial charge in [0, 0.05) is 36.7 Å². The van der Waals surface area contributed by atoms with Crippen molar-refractivity contribution >= 4 is 11.6 Å². The summed E-state index contributed by atoms with van der Waals surface area (Å²) in [5, 5.41) is 3.22. The van der Waals surface area contributed by atoms with Crippen LogP contribution in [0.3, 0.4) is 0 Å². The van der Waals surface area contributed by atoms with Crippen LogP contribution in [-0.2, 0) is 17.8 Å². The van der Waals surface area contributed by atoms with Gasteiger partial charge in [0.25, 0.3) is 5.91 Å². The molecule has 0 saturated carbocycles. The Morgan fingerprint density at radius 1 is 1.32 bits per heavy atom. The minimum Gasteiger partial charge on any atom is -0.471 e. The second kappa shape index (κ2) is 8.69. The lowest BCUT2D eigenvalue weighted by Crippen LogP contribution is -2.36. The van der Waals surface area contributed by atoms with E-state index in [0.29, 0.717) is 31.1 Å². The highest BCUT2D eigenvalue weighted by Crippen LogP contribution is 2.22. The van der Waals surface area contributed by atoms with Gasteiger partial charge >= 0.3 is 0 Å². The van der Waals surface area contributed by atoms with Crippen LogP contribution in [0.2, 0.25) is 0 Å². The third kappa shape index (κ3) is 4.76. The van der Waals surface area contributed by atoms with Gasteiger partial charge in [0.2, 0.25) is 5.88 Å². The van der Waals surface area contributed by atoms with Crippen LogP contribution in [0, 0.1) is 6.92 Å². The number of aromatic nitrogens is 2. The fourth-order valence-electron chi connectivity index (χ4n) is 2.91. The van der Waals surface area contributed by atoms with Crippen molar-refractivity contribution < 1.29 is 13.9 Å². The maximum atomic E-state index is 12.6. The van der Waals surface area contributed by atoms with Gasteiger partial charge < -0.3 is 20.7 Å². The fraction of sp³-hybridized carbons (Fsp3) is 0.350. The van der Waals surface area contributed by atoms with Gasteiger partial charge in [-0.1, -0.05) is 0 Å². The molecule has 3 rings (SSSR count). The predicted molar refractivity (Wildman–Crippen MR) is 104 cm³/mol. The number of amides is 1. The largest absolute Gasteiger partial charge is 0.471 e. The normalized spacial score (nSPS) is 14.2. The molecule has 1 aliphatic rings. The van der Waals surface area contributed by atoms with Gasteiger partial charge in [0.15, 0.2) is 6.67 Å². The lowest BCUT2D eigenvalue weighted by atomic mass is 10.0. The van der Waals surface area contributed by atoms with Gasteiger partial charge in [-0.05, 0) is 43.5 Å². The SMILES string of the molecule is C/C(N)=C(\COc1cc2c(cn1)CN(C(=O)CF)CC2)Nc1ccc(C)nc1. The second-order valence-corrected chi connectivity index (χ2v) is 6.75. The highest BCUT2D eigenvalue weighted by Gasteiger charge is 2.21. The molecular formula is C20H24FN5O2. The van der Waals surface area contributed by atoms with Crippen LogP contribution in [-0.4, -0.2) is 40.6 Å². The monoisotopic (exact) mass is 385 g/mol. The van der Waals surface area contributed by atoms with E-state index in [4.69, 9.17) is 10.5 Å². The lowest BCUT2D eigenvalue weighted by Gasteiger charge is -2.28. The molecule has 0 atom stereocenters. The maximum absolute atomic E-state index is 12.6. The molecule has 7 nitrogen and oxygen atoms in total. The summed E-state index contributed by atoms with van der Waals surface area (Å²) < 4.78 is 18.4. The van der Waals surface area contributed by atoms with Gasteiger partial charge in [-0.15, -0.1) is 0 Å². The quantitative estimate of drug-likeness (QED) is 0.793. The van der Waals surface area contributed by atoms with Crippen molar-refractivity contribution in [2.45, 2.75) is 26.8 Å². The molecule has 2 aromatic rings. The highest BCUT2D eigenvalue weighted by molar-refractivity contribution is 5.77. The summed E-state index contributed by atoms with van der Waals surface area (Å²) in [6.45, 7) is 3.85. The number of fused-ring (bicyclic) bond motifs is 1. The number of rotatable bonds is 6. The third-order valence-electron chi connectivity index (χ3n) is 4.58. The van der Waals surface area contributed by atoms with E-state index in [0.717, 1.165) is 28.2 Å². The topological polar surface area (TPSA) is 93.4 Å². The van der Waals surface area contributed by atoms with Gasteiger partial charge in [0.1, 0.15) is 6.61 Å². The number of aryl methyl sites for hydroxylation is 1. The molecule has 0 radical (unpaired) electrons. The van der Waals surface area contributed by atoms with E-state index in [9.17, 15) is 9.18 Å². The number of pyridine rings is 2. The number of hydrogen-bond donors (Lipinski definition) is 2. The number of carbonyl (C=O) groups is 1. The molecule has 0 bridgehead atoms. The Kier molecular flexibility index (Phi) is 6.08. The summed E-state index contributed by atoms with van der Waals surface area (Å²) in [4.78, 5) is 21.6. The number of alkyl halides is 1. The average Bonchev–Trinajstić information content (AvgIpc) is 2.71. The molecule has 0 saturated heterocycles. The zero-order valence-electron chi connectivity index (χ0n) is 16.0. The fourth-order valence-corrected chi connectivity index (χ4v) is 2.91. The third-order valence-corrected chi connectivity index (χ3v) is 4.58. The standard InChI is InChI=1S/C20H24FN5O2/c1-13-3-4-17(10-23-13)25-18(14(2)22)12-28-19-7-15-5-6-26(20(27)8-21)11-16(15)9-24-19/h3-4,7,9-10,25H,5-6,8,11-12,22H2,1-2H3/b18-14-. The summed E-state index contributed by atoms with van der Waals surface area (Å²) in [7, 11) is 0. The molecule has 3 heterocycles. The van der Waals surface area contributed by atoms with Crippen LogP contribution in [0.4, 0.5) is 10.1 Å². The number of halogens is 1. The van der Waals surface area contributed by atoms with Crippen molar-refractivity contribution in [1.29, 1.82) is 0 Å². The zero-order valence-corrected chi connectivity index (χ0v) is 16.0. The number of nitrogens with zero attached hydrogens (tertiary/aromatic N) is 3. The molecule has 148 valence electrons. The molecular weight excluding hydrogens is 361 g/mol. The van der Waals surface area contributed by atoms with Crippen molar-refractivity contribution in [3.05, 3.63) is 58.8 Å². The van der Waals surface area contributed by atoms with Gasteiger partial charge in [0.05, 0.1) is 17.6 Å². The molecule has 0 spiro atoms. The lowest BCUT2D eigenvalue weighted by molar-refractivity contribution is -0.133. The molecule has 1 aliphatic heterocycles. The Morgan fingerprint density at radius 2 is 2.14 bits per heavy atom. The molecule has 0 aromatic carbocycles. The maximum Gasteiger partial charge on any atom is 0.254 e. The Morgan fingerprint density at radius 3 is 2.82 bits per heavy atom. The van der Waals surface area contributed by atoms with Crippen LogP contribution < -0.4 is 15.8 Å². The van der Waals surface area contributed by atoms with Crippen LogP contribution in [0.25, 0.3) is 0 Å². The first-order valence-electron chi connectivity index (χ1n) is 9.05. The predicted octanol–water partition coefficient (Wildman–Crippen LogP) is 2.32. The van der Waals surface area contributed by atoms with E-state index in [2.05, 4.69) is 15.3 Å². The van der Waals surface area contributed by atoms with Gasteiger partial charge in [-0.3, -0.25) is 9.78 Å². The average molecular weight is 385 g/mol. The number of carbonyl (C=O) groups excluding carboxylic acids is 1. The molecule has 2 aromatic heterocycles. The number of hydrogen-bond acceptors (Lipinski definition) is 6.